The molecule has 12 rings (SSSR count). The molecule has 9 aromatic rings. The number of benzene rings is 9. The van der Waals surface area contributed by atoms with E-state index in [1.54, 1.807) is 0 Å². The predicted octanol–water partition coefficient (Wildman–Crippen LogP) is 13.3. The predicted molar refractivity (Wildman–Crippen MR) is 224 cm³/mol. The number of para-hydroxylation sites is 1. The maximum Gasteiger partial charge on any atom is 0.140 e. The molecule has 0 radical (unpaired) electrons. The van der Waals surface area contributed by atoms with E-state index in [1.165, 1.54) is 83.3 Å². The molecule has 0 saturated heterocycles. The number of fused-ring (bicyclic) bond motifs is 14. The Labute approximate surface area is 320 Å². The van der Waals surface area contributed by atoms with Crippen molar-refractivity contribution < 1.29 is 4.74 Å². The van der Waals surface area contributed by atoms with Crippen molar-refractivity contribution in [3.05, 3.63) is 251 Å². The summed E-state index contributed by atoms with van der Waals surface area (Å²) in [6.45, 7) is 0. The molecule has 0 atom stereocenters. The molecule has 1 aliphatic heterocycles. The van der Waals surface area contributed by atoms with E-state index in [2.05, 4.69) is 206 Å². The molecular formula is C54H34O. The molecule has 0 aromatic heterocycles. The Bertz CT molecular complexity index is 2920. The molecule has 1 spiro atoms. The van der Waals surface area contributed by atoms with Gasteiger partial charge < -0.3 is 4.74 Å². The first-order valence-corrected chi connectivity index (χ1v) is 19.2. The Hall–Kier alpha value is -6.96. The van der Waals surface area contributed by atoms with Crippen LogP contribution in [-0.4, -0.2) is 0 Å². The lowest BCUT2D eigenvalue weighted by atomic mass is 9.65. The Kier molecular flexibility index (Phi) is 6.25. The van der Waals surface area contributed by atoms with Gasteiger partial charge in [0.2, 0.25) is 0 Å². The van der Waals surface area contributed by atoms with Crippen molar-refractivity contribution in [2.45, 2.75) is 10.8 Å². The van der Waals surface area contributed by atoms with Crippen molar-refractivity contribution in [2.24, 2.45) is 0 Å². The molecule has 0 saturated carbocycles. The van der Waals surface area contributed by atoms with Crippen LogP contribution in [0, 0.1) is 0 Å². The van der Waals surface area contributed by atoms with Crippen LogP contribution in [0.25, 0.3) is 44.2 Å². The molecule has 1 nitrogen and oxygen atoms in total. The summed E-state index contributed by atoms with van der Waals surface area (Å²) in [6.07, 6.45) is 0. The number of hydrogen-bond acceptors (Lipinski definition) is 1. The lowest BCUT2D eigenvalue weighted by molar-refractivity contribution is 0.442. The second kappa shape index (κ2) is 11.3. The van der Waals surface area contributed by atoms with Crippen LogP contribution in [0.5, 0.6) is 11.5 Å². The highest BCUT2D eigenvalue weighted by atomic mass is 16.5. The van der Waals surface area contributed by atoms with Crippen LogP contribution < -0.4 is 4.74 Å². The van der Waals surface area contributed by atoms with Gasteiger partial charge >= 0.3 is 0 Å². The number of hydrogen-bond donors (Lipinski definition) is 0. The summed E-state index contributed by atoms with van der Waals surface area (Å²) in [5.74, 6) is 1.84. The van der Waals surface area contributed by atoms with Gasteiger partial charge in [-0.2, -0.15) is 0 Å². The third-order valence-electron chi connectivity index (χ3n) is 12.6. The summed E-state index contributed by atoms with van der Waals surface area (Å²) in [7, 11) is 0. The van der Waals surface area contributed by atoms with Gasteiger partial charge in [0.1, 0.15) is 11.5 Å². The Morgan fingerprint density at radius 3 is 1.31 bits per heavy atom. The zero-order chi connectivity index (χ0) is 36.1. The smallest absolute Gasteiger partial charge is 0.140 e. The number of ether oxygens (including phenoxy) is 1. The van der Waals surface area contributed by atoms with E-state index in [9.17, 15) is 0 Å². The lowest BCUT2D eigenvalue weighted by Gasteiger charge is -2.40. The molecule has 3 aliphatic rings. The minimum atomic E-state index is -0.537. The first-order chi connectivity index (χ1) is 27.3. The molecule has 0 amide bonds. The molecule has 1 heterocycles. The summed E-state index contributed by atoms with van der Waals surface area (Å²) in [6, 6.07) is 76.1. The van der Waals surface area contributed by atoms with Gasteiger partial charge in [-0.25, -0.2) is 0 Å². The summed E-state index contributed by atoms with van der Waals surface area (Å²) in [5, 5.41) is 2.30. The van der Waals surface area contributed by atoms with Gasteiger partial charge in [0.15, 0.2) is 0 Å². The molecule has 0 bridgehead atoms. The highest BCUT2D eigenvalue weighted by Gasteiger charge is 2.52. The van der Waals surface area contributed by atoms with Gasteiger partial charge in [0.05, 0.1) is 10.8 Å². The Morgan fingerprint density at radius 1 is 0.291 bits per heavy atom. The largest absolute Gasteiger partial charge is 0.456 e. The van der Waals surface area contributed by atoms with Crippen molar-refractivity contribution in [1.29, 1.82) is 0 Å². The summed E-state index contributed by atoms with van der Waals surface area (Å²) >= 11 is 0. The fourth-order valence-corrected chi connectivity index (χ4v) is 10.5. The first kappa shape index (κ1) is 30.5. The molecule has 0 unspecified atom stereocenters. The van der Waals surface area contributed by atoms with E-state index >= 15 is 0 Å². The summed E-state index contributed by atoms with van der Waals surface area (Å²) in [4.78, 5) is 0. The zero-order valence-electron chi connectivity index (χ0n) is 30.0. The van der Waals surface area contributed by atoms with Crippen molar-refractivity contribution in [2.75, 3.05) is 0 Å². The van der Waals surface area contributed by atoms with Crippen LogP contribution in [0.4, 0.5) is 0 Å². The molecule has 0 N–H and O–H groups in total. The number of rotatable bonds is 3. The van der Waals surface area contributed by atoms with Crippen molar-refractivity contribution in [3.8, 4) is 44.9 Å². The monoisotopic (exact) mass is 698 g/mol. The molecule has 256 valence electrons. The quantitative estimate of drug-likeness (QED) is 0.178. The maximum absolute atomic E-state index is 7.01. The molecule has 0 fully saturated rings. The van der Waals surface area contributed by atoms with Gasteiger partial charge in [-0.15, -0.1) is 0 Å². The lowest BCUT2D eigenvalue weighted by Crippen LogP contribution is -2.32. The summed E-state index contributed by atoms with van der Waals surface area (Å²) in [5.41, 5.74) is 16.7. The van der Waals surface area contributed by atoms with E-state index < -0.39 is 10.8 Å². The van der Waals surface area contributed by atoms with E-state index in [-0.39, 0.29) is 0 Å². The van der Waals surface area contributed by atoms with Gasteiger partial charge in [0.25, 0.3) is 0 Å². The maximum atomic E-state index is 7.01. The van der Waals surface area contributed by atoms with Crippen molar-refractivity contribution >= 4 is 10.8 Å². The molecule has 9 aromatic carbocycles. The topological polar surface area (TPSA) is 9.23 Å². The Balaban J connectivity index is 1.13. The van der Waals surface area contributed by atoms with Crippen LogP contribution in [0.1, 0.15) is 44.5 Å². The van der Waals surface area contributed by atoms with Gasteiger partial charge in [-0.05, 0) is 84.3 Å². The van der Waals surface area contributed by atoms with Crippen LogP contribution in [-0.2, 0) is 10.8 Å². The van der Waals surface area contributed by atoms with Crippen molar-refractivity contribution in [3.63, 3.8) is 0 Å². The van der Waals surface area contributed by atoms with Crippen molar-refractivity contribution in [1.82, 2.24) is 0 Å². The van der Waals surface area contributed by atoms with E-state index in [4.69, 9.17) is 4.74 Å². The van der Waals surface area contributed by atoms with E-state index in [1.807, 2.05) is 0 Å². The minimum Gasteiger partial charge on any atom is -0.456 e. The van der Waals surface area contributed by atoms with Gasteiger partial charge in [0, 0.05) is 16.5 Å². The molecule has 1 heteroatoms. The van der Waals surface area contributed by atoms with Crippen LogP contribution in [0.2, 0.25) is 0 Å². The highest BCUT2D eigenvalue weighted by molar-refractivity contribution is 6.04. The van der Waals surface area contributed by atoms with Gasteiger partial charge in [-0.3, -0.25) is 0 Å². The van der Waals surface area contributed by atoms with E-state index in [0.29, 0.717) is 0 Å². The third kappa shape index (κ3) is 3.87. The van der Waals surface area contributed by atoms with E-state index in [0.717, 1.165) is 16.9 Å². The fourth-order valence-electron chi connectivity index (χ4n) is 10.5. The van der Waals surface area contributed by atoms with Crippen LogP contribution in [0.3, 0.4) is 0 Å². The van der Waals surface area contributed by atoms with Crippen LogP contribution in [0.15, 0.2) is 206 Å². The molecule has 55 heavy (non-hydrogen) atoms. The summed E-state index contributed by atoms with van der Waals surface area (Å²) < 4.78 is 7.01. The minimum absolute atomic E-state index is 0.441. The van der Waals surface area contributed by atoms with Gasteiger partial charge in [-0.1, -0.05) is 194 Å². The second-order valence-corrected chi connectivity index (χ2v) is 15.1. The average molecular weight is 699 g/mol. The van der Waals surface area contributed by atoms with Crippen LogP contribution >= 0.6 is 0 Å². The average Bonchev–Trinajstić information content (AvgIpc) is 3.73. The Morgan fingerprint density at radius 2 is 0.727 bits per heavy atom. The fraction of sp³-hybridized carbons (Fsp3) is 0.0370. The zero-order valence-corrected chi connectivity index (χ0v) is 30.0. The highest BCUT2D eigenvalue weighted by Crippen LogP contribution is 2.64. The molecule has 2 aliphatic carbocycles. The second-order valence-electron chi connectivity index (χ2n) is 15.1. The standard InChI is InChI=1S/C54H34O/c1-2-16-36(17-3-1)53(45-24-10-6-19-39(45)40-20-7-11-25-46(40)53)37-32-30-35(31-33-37)44-34-50-52(43-23-5-4-18-38(43)44)55-51-29-15-14-28-49(51)54(50)47-26-12-8-21-41(47)42-22-9-13-27-48(42)54/h1-34H. The first-order valence-electron chi connectivity index (χ1n) is 19.2. The third-order valence-corrected chi connectivity index (χ3v) is 12.6. The molecular weight excluding hydrogens is 665 g/mol. The normalized spacial score (nSPS) is 14.6. The SMILES string of the molecule is c1ccc(C2(c3ccc(-c4cc5c(c6ccccc46)Oc4ccccc4C54c5ccccc5-c5ccccc54)cc3)c3ccccc3-c3ccccc32)cc1.